The van der Waals surface area contributed by atoms with E-state index in [0.717, 1.165) is 38.5 Å². The lowest BCUT2D eigenvalue weighted by atomic mass is 10.2. The van der Waals surface area contributed by atoms with Crippen LogP contribution in [0.2, 0.25) is 5.02 Å². The Morgan fingerprint density at radius 2 is 1.91 bits per heavy atom. The van der Waals surface area contributed by atoms with E-state index in [4.69, 9.17) is 21.1 Å². The lowest BCUT2D eigenvalue weighted by Gasteiger charge is -2.11. The summed E-state index contributed by atoms with van der Waals surface area (Å²) in [6, 6.07) is 15.2. The van der Waals surface area contributed by atoms with Gasteiger partial charge in [0.1, 0.15) is 17.2 Å². The predicted octanol–water partition coefficient (Wildman–Crippen LogP) is 5.69. The third-order valence-electron chi connectivity index (χ3n) is 5.08. The van der Waals surface area contributed by atoms with Gasteiger partial charge in [0, 0.05) is 23.2 Å². The van der Waals surface area contributed by atoms with Gasteiger partial charge in [-0.25, -0.2) is 0 Å². The van der Waals surface area contributed by atoms with Crippen LogP contribution in [0, 0.1) is 13.8 Å². The lowest BCUT2D eigenvalue weighted by Crippen LogP contribution is -2.11. The van der Waals surface area contributed by atoms with Gasteiger partial charge < -0.3 is 14.8 Å². The van der Waals surface area contributed by atoms with Crippen molar-refractivity contribution in [3.05, 3.63) is 75.3 Å². The normalized spacial score (nSPS) is 11.1. The Labute approximate surface area is 195 Å². The second-order valence-electron chi connectivity index (χ2n) is 7.47. The van der Waals surface area contributed by atoms with E-state index in [1.54, 1.807) is 7.11 Å². The molecule has 8 heteroatoms. The number of amides is 1. The Bertz CT molecular complexity index is 1250. The average molecular weight is 470 g/mol. The molecule has 4 rings (SSSR count). The highest BCUT2D eigenvalue weighted by Gasteiger charge is 2.17. The molecule has 0 saturated carbocycles. The summed E-state index contributed by atoms with van der Waals surface area (Å²) in [5, 5.41) is 9.36. The van der Waals surface area contributed by atoms with Crippen LogP contribution in [0.5, 0.6) is 5.75 Å². The topological polar surface area (TPSA) is 65.4 Å². The maximum atomic E-state index is 13.0. The van der Waals surface area contributed by atoms with Gasteiger partial charge in [0.15, 0.2) is 0 Å². The first kappa shape index (κ1) is 22.3. The number of carbonyl (C=O) groups excluding carboxylic acids is 1. The monoisotopic (exact) mass is 469 g/mol. The first-order valence-electron chi connectivity index (χ1n) is 10.2. The Morgan fingerprint density at radius 1 is 1.12 bits per heavy atom. The van der Waals surface area contributed by atoms with Crippen LogP contribution in [0.3, 0.4) is 0 Å². The number of hydrogen-bond donors (Lipinski definition) is 1. The van der Waals surface area contributed by atoms with E-state index >= 15 is 0 Å². The molecule has 4 aromatic rings. The van der Waals surface area contributed by atoms with Gasteiger partial charge in [-0.05, 0) is 61.4 Å². The number of nitrogens with one attached hydrogen (secondary N) is 1. The number of rotatable bonds is 8. The van der Waals surface area contributed by atoms with Crippen molar-refractivity contribution < 1.29 is 14.3 Å². The molecule has 2 aromatic carbocycles. The second-order valence-corrected chi connectivity index (χ2v) is 8.94. The third-order valence-corrected chi connectivity index (χ3v) is 6.48. The Kier molecular flexibility index (Phi) is 6.79. The largest absolute Gasteiger partial charge is 0.491 e. The molecular formula is C24H24ClN3O3S. The SMILES string of the molecule is COCCOc1ccc(NC(=O)c2cc3c(C)nn(Cc4ccc(Cl)cc4)c3s2)c(C)c1. The van der Waals surface area contributed by atoms with Gasteiger partial charge in [0.2, 0.25) is 0 Å². The molecule has 1 N–H and O–H groups in total. The highest BCUT2D eigenvalue weighted by Crippen LogP contribution is 2.30. The molecule has 0 bridgehead atoms. The summed E-state index contributed by atoms with van der Waals surface area (Å²) in [5.41, 5.74) is 3.69. The second kappa shape index (κ2) is 9.73. The number of anilines is 1. The summed E-state index contributed by atoms with van der Waals surface area (Å²) in [6.07, 6.45) is 0. The number of thiophene rings is 1. The molecule has 0 unspecified atom stereocenters. The van der Waals surface area contributed by atoms with Gasteiger partial charge in [0.25, 0.3) is 5.91 Å². The van der Waals surface area contributed by atoms with Crippen molar-refractivity contribution in [2.75, 3.05) is 25.6 Å². The molecule has 32 heavy (non-hydrogen) atoms. The van der Waals surface area contributed by atoms with Gasteiger partial charge in [-0.1, -0.05) is 23.7 Å². The molecule has 0 saturated heterocycles. The van der Waals surface area contributed by atoms with Crippen molar-refractivity contribution in [1.29, 1.82) is 0 Å². The van der Waals surface area contributed by atoms with E-state index < -0.39 is 0 Å². The number of fused-ring (bicyclic) bond motifs is 1. The molecule has 6 nitrogen and oxygen atoms in total. The molecule has 0 aliphatic rings. The zero-order chi connectivity index (χ0) is 22.7. The minimum Gasteiger partial charge on any atom is -0.491 e. The van der Waals surface area contributed by atoms with Crippen molar-refractivity contribution in [2.24, 2.45) is 0 Å². The van der Waals surface area contributed by atoms with Crippen LogP contribution in [0.15, 0.2) is 48.5 Å². The van der Waals surface area contributed by atoms with E-state index in [9.17, 15) is 4.79 Å². The number of aryl methyl sites for hydroxylation is 2. The van der Waals surface area contributed by atoms with Crippen molar-refractivity contribution >= 4 is 44.7 Å². The van der Waals surface area contributed by atoms with Crippen LogP contribution in [-0.4, -0.2) is 36.0 Å². The number of aromatic nitrogens is 2. The summed E-state index contributed by atoms with van der Waals surface area (Å²) in [4.78, 5) is 14.6. The summed E-state index contributed by atoms with van der Waals surface area (Å²) in [5.74, 6) is 0.608. The van der Waals surface area contributed by atoms with Crippen molar-refractivity contribution in [2.45, 2.75) is 20.4 Å². The fraction of sp³-hybridized carbons (Fsp3) is 0.250. The number of ether oxygens (including phenoxy) is 2. The summed E-state index contributed by atoms with van der Waals surface area (Å²) >= 11 is 7.43. The van der Waals surface area contributed by atoms with Gasteiger partial charge in [-0.3, -0.25) is 9.48 Å². The van der Waals surface area contributed by atoms with Crippen LogP contribution in [0.1, 0.15) is 26.5 Å². The highest BCUT2D eigenvalue weighted by atomic mass is 35.5. The van der Waals surface area contributed by atoms with Crippen LogP contribution in [0.4, 0.5) is 5.69 Å². The van der Waals surface area contributed by atoms with E-state index in [-0.39, 0.29) is 5.91 Å². The number of carbonyl (C=O) groups is 1. The van der Waals surface area contributed by atoms with Gasteiger partial charge in [-0.2, -0.15) is 5.10 Å². The fourth-order valence-corrected chi connectivity index (χ4v) is 4.57. The predicted molar refractivity (Wildman–Crippen MR) is 129 cm³/mol. The average Bonchev–Trinajstić information content (AvgIpc) is 3.33. The smallest absolute Gasteiger partial charge is 0.265 e. The number of halogens is 1. The molecule has 1 amide bonds. The molecule has 0 fully saturated rings. The molecule has 166 valence electrons. The van der Waals surface area contributed by atoms with Gasteiger partial charge >= 0.3 is 0 Å². The molecule has 2 aromatic heterocycles. The third kappa shape index (κ3) is 4.96. The van der Waals surface area contributed by atoms with Crippen LogP contribution < -0.4 is 10.1 Å². The van der Waals surface area contributed by atoms with Gasteiger partial charge in [-0.15, -0.1) is 11.3 Å². The number of nitrogens with zero attached hydrogens (tertiary/aromatic N) is 2. The maximum absolute atomic E-state index is 13.0. The Hall–Kier alpha value is -2.87. The van der Waals surface area contributed by atoms with Gasteiger partial charge in [0.05, 0.1) is 23.7 Å². The van der Waals surface area contributed by atoms with E-state index in [1.807, 2.05) is 67.1 Å². The Morgan fingerprint density at radius 3 is 2.62 bits per heavy atom. The first-order chi connectivity index (χ1) is 15.4. The molecule has 0 radical (unpaired) electrons. The van der Waals surface area contributed by atoms with E-state index in [0.29, 0.717) is 29.7 Å². The summed E-state index contributed by atoms with van der Waals surface area (Å²) < 4.78 is 12.6. The maximum Gasteiger partial charge on any atom is 0.265 e. The van der Waals surface area contributed by atoms with Crippen LogP contribution >= 0.6 is 22.9 Å². The molecule has 0 atom stereocenters. The molecule has 2 heterocycles. The summed E-state index contributed by atoms with van der Waals surface area (Å²) in [6.45, 7) is 5.53. The molecule has 0 spiro atoms. The minimum atomic E-state index is -0.139. The van der Waals surface area contributed by atoms with Crippen LogP contribution in [0.25, 0.3) is 10.2 Å². The van der Waals surface area contributed by atoms with E-state index in [2.05, 4.69) is 10.4 Å². The molecule has 0 aliphatic heterocycles. The zero-order valence-corrected chi connectivity index (χ0v) is 19.7. The fourth-order valence-electron chi connectivity index (χ4n) is 3.39. The van der Waals surface area contributed by atoms with Crippen molar-refractivity contribution in [3.8, 4) is 5.75 Å². The number of methoxy groups -OCH3 is 1. The number of benzene rings is 2. The number of hydrogen-bond acceptors (Lipinski definition) is 5. The first-order valence-corrected chi connectivity index (χ1v) is 11.4. The zero-order valence-electron chi connectivity index (χ0n) is 18.1. The molecular weight excluding hydrogens is 446 g/mol. The van der Waals surface area contributed by atoms with Crippen molar-refractivity contribution in [1.82, 2.24) is 9.78 Å². The Balaban J connectivity index is 1.51. The minimum absolute atomic E-state index is 0.139. The summed E-state index contributed by atoms with van der Waals surface area (Å²) in [7, 11) is 1.64. The lowest BCUT2D eigenvalue weighted by molar-refractivity contribution is 0.103. The van der Waals surface area contributed by atoms with E-state index in [1.165, 1.54) is 11.3 Å². The molecule has 0 aliphatic carbocycles. The quantitative estimate of drug-likeness (QED) is 0.336. The standard InChI is InChI=1S/C24H24ClN3O3S/c1-15-12-19(31-11-10-30-3)8-9-21(15)26-23(29)22-13-20-16(2)27-28(24(20)32-22)14-17-4-6-18(25)7-5-17/h4-9,12-13H,10-11,14H2,1-3H3,(H,26,29). The van der Waals surface area contributed by atoms with Crippen LogP contribution in [-0.2, 0) is 11.3 Å². The highest BCUT2D eigenvalue weighted by molar-refractivity contribution is 7.20. The van der Waals surface area contributed by atoms with Crippen molar-refractivity contribution in [3.63, 3.8) is 0 Å².